The molecule has 0 saturated heterocycles. The van der Waals surface area contributed by atoms with Gasteiger partial charge in [0.25, 0.3) is 0 Å². The number of allylic oxidation sites excluding steroid dienone is 7. The van der Waals surface area contributed by atoms with Crippen molar-refractivity contribution in [2.45, 2.75) is 78.7 Å². The lowest BCUT2D eigenvalue weighted by atomic mass is 9.70. The third-order valence-electron chi connectivity index (χ3n) is 5.27. The van der Waals surface area contributed by atoms with Crippen molar-refractivity contribution in [3.05, 3.63) is 47.1 Å². The van der Waals surface area contributed by atoms with Gasteiger partial charge in [0.05, 0.1) is 19.6 Å². The molecule has 1 rings (SSSR count). The maximum atomic E-state index is 12.5. The van der Waals surface area contributed by atoms with Gasteiger partial charge >= 0.3 is 5.97 Å². The van der Waals surface area contributed by atoms with E-state index < -0.39 is 17.5 Å². The van der Waals surface area contributed by atoms with Crippen LogP contribution in [0.2, 0.25) is 0 Å². The number of carbonyl (C=O) groups is 2. The lowest BCUT2D eigenvalue weighted by Crippen LogP contribution is -2.38. The van der Waals surface area contributed by atoms with Crippen molar-refractivity contribution in [1.82, 2.24) is 0 Å². The molecular formula is C24H36O4. The van der Waals surface area contributed by atoms with Crippen molar-refractivity contribution in [2.24, 2.45) is 5.41 Å². The van der Waals surface area contributed by atoms with E-state index in [0.29, 0.717) is 6.42 Å². The summed E-state index contributed by atoms with van der Waals surface area (Å²) in [6.45, 7) is 8.45. The van der Waals surface area contributed by atoms with Crippen molar-refractivity contribution >= 4 is 11.8 Å². The molecule has 4 nitrogen and oxygen atoms in total. The average molecular weight is 389 g/mol. The molecule has 0 amide bonds. The summed E-state index contributed by atoms with van der Waals surface area (Å²) in [5.74, 6) is -0.529. The molecular weight excluding hydrogens is 352 g/mol. The van der Waals surface area contributed by atoms with Gasteiger partial charge in [0.1, 0.15) is 0 Å². The summed E-state index contributed by atoms with van der Waals surface area (Å²) >= 11 is 0. The van der Waals surface area contributed by atoms with E-state index in [-0.39, 0.29) is 18.6 Å². The van der Waals surface area contributed by atoms with Gasteiger partial charge in [0.2, 0.25) is 0 Å². The number of hydrogen-bond acceptors (Lipinski definition) is 4. The highest BCUT2D eigenvalue weighted by Gasteiger charge is 2.42. The fraction of sp³-hybridized carbons (Fsp3) is 0.583. The third-order valence-corrected chi connectivity index (χ3v) is 5.27. The molecule has 0 aromatic heterocycles. The van der Waals surface area contributed by atoms with Crippen LogP contribution >= 0.6 is 0 Å². The molecule has 1 aliphatic rings. The molecule has 1 aliphatic carbocycles. The van der Waals surface area contributed by atoms with Crippen LogP contribution in [0.1, 0.15) is 72.6 Å². The van der Waals surface area contributed by atoms with Gasteiger partial charge in [-0.3, -0.25) is 9.59 Å². The molecule has 0 heterocycles. The van der Waals surface area contributed by atoms with Crippen LogP contribution in [0.4, 0.5) is 0 Å². The summed E-state index contributed by atoms with van der Waals surface area (Å²) in [5.41, 5.74) is 3.03. The molecule has 0 aromatic carbocycles. The highest BCUT2D eigenvalue weighted by Crippen LogP contribution is 2.38. The van der Waals surface area contributed by atoms with E-state index in [4.69, 9.17) is 4.74 Å². The Hall–Kier alpha value is -1.94. The average Bonchev–Trinajstić information content (AvgIpc) is 2.63. The van der Waals surface area contributed by atoms with Crippen LogP contribution in [-0.4, -0.2) is 30.1 Å². The Bertz CT molecular complexity index is 662. The van der Waals surface area contributed by atoms with E-state index in [9.17, 15) is 14.7 Å². The summed E-state index contributed by atoms with van der Waals surface area (Å²) < 4.78 is 4.78. The fourth-order valence-electron chi connectivity index (χ4n) is 3.42. The first-order valence-corrected chi connectivity index (χ1v) is 10.1. The van der Waals surface area contributed by atoms with Crippen LogP contribution in [0.25, 0.3) is 0 Å². The zero-order chi connectivity index (χ0) is 21.2. The number of carbonyl (C=O) groups excluding carboxylic acids is 2. The number of esters is 1. The van der Waals surface area contributed by atoms with E-state index in [1.807, 2.05) is 6.08 Å². The third kappa shape index (κ3) is 8.39. The van der Waals surface area contributed by atoms with Crippen molar-refractivity contribution in [1.29, 1.82) is 0 Å². The quantitative estimate of drug-likeness (QED) is 0.411. The Balaban J connectivity index is 2.68. The smallest absolute Gasteiger partial charge is 0.306 e. The zero-order valence-electron chi connectivity index (χ0n) is 18.1. The number of rotatable bonds is 10. The molecule has 0 bridgehead atoms. The van der Waals surface area contributed by atoms with E-state index in [2.05, 4.69) is 39.8 Å². The first-order valence-electron chi connectivity index (χ1n) is 10.1. The molecule has 1 N–H and O–H groups in total. The Kier molecular flexibility index (Phi) is 10.2. The Morgan fingerprint density at radius 1 is 1.14 bits per heavy atom. The summed E-state index contributed by atoms with van der Waals surface area (Å²) in [4.78, 5) is 24.4. The number of ketones is 1. The molecule has 0 unspecified atom stereocenters. The van der Waals surface area contributed by atoms with Gasteiger partial charge in [-0.15, -0.1) is 0 Å². The maximum Gasteiger partial charge on any atom is 0.306 e. The van der Waals surface area contributed by atoms with Crippen LogP contribution in [-0.2, 0) is 14.3 Å². The number of hydrogen-bond donors (Lipinski definition) is 1. The van der Waals surface area contributed by atoms with Gasteiger partial charge in [-0.05, 0) is 72.3 Å². The summed E-state index contributed by atoms with van der Waals surface area (Å²) in [7, 11) is 1.32. The monoisotopic (exact) mass is 388 g/mol. The van der Waals surface area contributed by atoms with Crippen molar-refractivity contribution in [2.75, 3.05) is 7.11 Å². The van der Waals surface area contributed by atoms with Crippen LogP contribution in [0.3, 0.4) is 0 Å². The second-order valence-corrected chi connectivity index (χ2v) is 8.19. The number of ether oxygens (including phenoxy) is 1. The molecule has 0 fully saturated rings. The molecule has 0 saturated carbocycles. The number of aliphatic hydroxyl groups excluding tert-OH is 1. The van der Waals surface area contributed by atoms with Gasteiger partial charge in [-0.2, -0.15) is 0 Å². The molecule has 156 valence electrons. The topological polar surface area (TPSA) is 63.6 Å². The predicted octanol–water partition coefficient (Wildman–Crippen LogP) is 5.24. The maximum absolute atomic E-state index is 12.5. The molecule has 28 heavy (non-hydrogen) atoms. The van der Waals surface area contributed by atoms with Gasteiger partial charge in [0.15, 0.2) is 5.78 Å². The number of methoxy groups -OCH3 is 1. The molecule has 2 atom stereocenters. The van der Waals surface area contributed by atoms with E-state index in [1.165, 1.54) is 36.0 Å². The first kappa shape index (κ1) is 24.1. The highest BCUT2D eigenvalue weighted by atomic mass is 16.5. The Labute approximate surface area is 170 Å². The minimum atomic E-state index is -0.904. The number of aliphatic hydroxyl groups is 1. The summed E-state index contributed by atoms with van der Waals surface area (Å²) in [5, 5.41) is 10.00. The lowest BCUT2D eigenvalue weighted by molar-refractivity contribution is -0.147. The second kappa shape index (κ2) is 11.8. The van der Waals surface area contributed by atoms with Crippen LogP contribution in [0.15, 0.2) is 47.1 Å². The molecule has 4 heteroatoms. The molecule has 0 aliphatic heterocycles. The van der Waals surface area contributed by atoms with Crippen LogP contribution < -0.4 is 0 Å². The van der Waals surface area contributed by atoms with Gasteiger partial charge in [0, 0.05) is 5.41 Å². The fourth-order valence-corrected chi connectivity index (χ4v) is 3.42. The normalized spacial score (nSPS) is 22.9. The highest BCUT2D eigenvalue weighted by molar-refractivity contribution is 5.98. The second-order valence-electron chi connectivity index (χ2n) is 8.19. The van der Waals surface area contributed by atoms with E-state index in [1.54, 1.807) is 0 Å². The predicted molar refractivity (Wildman–Crippen MR) is 114 cm³/mol. The van der Waals surface area contributed by atoms with Crippen LogP contribution in [0.5, 0.6) is 0 Å². The minimum Gasteiger partial charge on any atom is -0.469 e. The van der Waals surface area contributed by atoms with Crippen LogP contribution in [0, 0.1) is 5.41 Å². The van der Waals surface area contributed by atoms with E-state index in [0.717, 1.165) is 25.7 Å². The van der Waals surface area contributed by atoms with Gasteiger partial charge in [-0.25, -0.2) is 0 Å². The van der Waals surface area contributed by atoms with Gasteiger partial charge in [-0.1, -0.05) is 41.0 Å². The molecule has 0 radical (unpaired) electrons. The zero-order valence-corrected chi connectivity index (χ0v) is 18.1. The molecule has 0 spiro atoms. The largest absolute Gasteiger partial charge is 0.469 e. The molecule has 0 aromatic rings. The summed E-state index contributed by atoms with van der Waals surface area (Å²) in [6.07, 6.45) is 13.5. The van der Waals surface area contributed by atoms with Crippen molar-refractivity contribution < 1.29 is 19.4 Å². The first-order chi connectivity index (χ1) is 13.2. The Morgan fingerprint density at radius 2 is 1.75 bits per heavy atom. The van der Waals surface area contributed by atoms with Crippen molar-refractivity contribution in [3.63, 3.8) is 0 Å². The lowest BCUT2D eigenvalue weighted by Gasteiger charge is -2.33. The standard InChI is InChI=1S/C24H36O4/c1-18(2)8-6-9-19(3)10-7-11-20(4)14-15-24(17-23(27)28-5)16-21(25)12-13-22(24)26/h8,10,12-14,21,25H,6-7,9,11,15-17H2,1-5H3/b19-10+,20-14+/t21-,24+/m1/s1. The summed E-state index contributed by atoms with van der Waals surface area (Å²) in [6, 6.07) is 0. The van der Waals surface area contributed by atoms with Crippen molar-refractivity contribution in [3.8, 4) is 0 Å². The SMILES string of the molecule is COC(=O)C[C@]1(C/C=C(\C)CC/C=C(\C)CCC=C(C)C)C[C@H](O)C=CC1=O. The Morgan fingerprint density at radius 3 is 2.36 bits per heavy atom. The minimum absolute atomic E-state index is 0.00309. The van der Waals surface area contributed by atoms with E-state index >= 15 is 0 Å². The van der Waals surface area contributed by atoms with Gasteiger partial charge < -0.3 is 9.84 Å².